The highest BCUT2D eigenvalue weighted by Crippen LogP contribution is 2.42. The summed E-state index contributed by atoms with van der Waals surface area (Å²) in [5.74, 6) is 2.93. The Morgan fingerprint density at radius 1 is 1.00 bits per heavy atom. The van der Waals surface area contributed by atoms with Gasteiger partial charge in [-0.15, -0.1) is 5.10 Å². The first-order valence-electron chi connectivity index (χ1n) is 13.0. The molecule has 0 saturated heterocycles. The van der Waals surface area contributed by atoms with Crippen molar-refractivity contribution in [1.82, 2.24) is 24.1 Å². The summed E-state index contributed by atoms with van der Waals surface area (Å²) in [4.78, 5) is 9.61. The SMILES string of the molecule is COc1cccc(-c2cn3nc(-c4nccn4C)nc(NC4CCC(OC)C4)c3c2-c2ccccc2)c1C. The van der Waals surface area contributed by atoms with Gasteiger partial charge in [0.25, 0.3) is 0 Å². The van der Waals surface area contributed by atoms with E-state index in [-0.39, 0.29) is 12.1 Å². The van der Waals surface area contributed by atoms with Gasteiger partial charge in [0.05, 0.1) is 13.2 Å². The Hall–Kier alpha value is -4.17. The number of methoxy groups -OCH3 is 2. The van der Waals surface area contributed by atoms with Crippen molar-refractivity contribution >= 4 is 11.3 Å². The lowest BCUT2D eigenvalue weighted by Gasteiger charge is -2.17. The normalized spacial score (nSPS) is 17.3. The zero-order valence-corrected chi connectivity index (χ0v) is 22.2. The molecule has 0 bridgehead atoms. The van der Waals surface area contributed by atoms with Crippen molar-refractivity contribution in [2.24, 2.45) is 7.05 Å². The van der Waals surface area contributed by atoms with Gasteiger partial charge in [-0.05, 0) is 48.9 Å². The van der Waals surface area contributed by atoms with Crippen LogP contribution in [-0.4, -0.2) is 50.5 Å². The maximum atomic E-state index is 5.67. The fourth-order valence-electron chi connectivity index (χ4n) is 5.57. The molecule has 2 unspecified atom stereocenters. The van der Waals surface area contributed by atoms with E-state index in [2.05, 4.69) is 53.8 Å². The molecule has 1 N–H and O–H groups in total. The topological polar surface area (TPSA) is 78.5 Å². The molecule has 5 aromatic rings. The van der Waals surface area contributed by atoms with Gasteiger partial charge < -0.3 is 19.4 Å². The number of ether oxygens (including phenoxy) is 2. The Labute approximate surface area is 222 Å². The first kappa shape index (κ1) is 24.2. The molecule has 3 aromatic heterocycles. The van der Waals surface area contributed by atoms with Crippen molar-refractivity contribution < 1.29 is 9.47 Å². The molecule has 194 valence electrons. The second-order valence-corrected chi connectivity index (χ2v) is 9.87. The number of fused-ring (bicyclic) bond motifs is 1. The Balaban J connectivity index is 1.63. The molecule has 0 aliphatic heterocycles. The smallest absolute Gasteiger partial charge is 0.218 e. The first-order valence-corrected chi connectivity index (χ1v) is 13.0. The number of hydrogen-bond acceptors (Lipinski definition) is 6. The summed E-state index contributed by atoms with van der Waals surface area (Å²) in [5, 5.41) is 8.74. The van der Waals surface area contributed by atoms with Crippen LogP contribution in [0.1, 0.15) is 24.8 Å². The van der Waals surface area contributed by atoms with Gasteiger partial charge in [0.1, 0.15) is 11.3 Å². The second kappa shape index (κ2) is 9.95. The highest BCUT2D eigenvalue weighted by molar-refractivity contribution is 5.99. The fraction of sp³-hybridized carbons (Fsp3) is 0.300. The summed E-state index contributed by atoms with van der Waals surface area (Å²) in [5.41, 5.74) is 6.37. The Kier molecular flexibility index (Phi) is 6.33. The maximum absolute atomic E-state index is 5.67. The van der Waals surface area contributed by atoms with Crippen molar-refractivity contribution in [2.45, 2.75) is 38.3 Å². The molecule has 8 heteroatoms. The average Bonchev–Trinajstić information content (AvgIpc) is 3.67. The van der Waals surface area contributed by atoms with Gasteiger partial charge in [-0.3, -0.25) is 0 Å². The van der Waals surface area contributed by atoms with Crippen LogP contribution < -0.4 is 10.1 Å². The van der Waals surface area contributed by atoms with E-state index in [0.717, 1.165) is 64.2 Å². The summed E-state index contributed by atoms with van der Waals surface area (Å²) in [7, 11) is 5.46. The highest BCUT2D eigenvalue weighted by atomic mass is 16.5. The molecule has 3 heterocycles. The maximum Gasteiger partial charge on any atom is 0.218 e. The van der Waals surface area contributed by atoms with Gasteiger partial charge in [0.2, 0.25) is 5.82 Å². The molecule has 2 aromatic carbocycles. The van der Waals surface area contributed by atoms with Gasteiger partial charge in [-0.1, -0.05) is 42.5 Å². The predicted octanol–water partition coefficient (Wildman–Crippen LogP) is 5.76. The lowest BCUT2D eigenvalue weighted by atomic mass is 9.94. The molecule has 0 amide bonds. The summed E-state index contributed by atoms with van der Waals surface area (Å²) >= 11 is 0. The number of hydrogen-bond donors (Lipinski definition) is 1. The molecule has 0 spiro atoms. The van der Waals surface area contributed by atoms with Crippen LogP contribution in [-0.2, 0) is 11.8 Å². The molecule has 8 nitrogen and oxygen atoms in total. The Morgan fingerprint density at radius 2 is 1.84 bits per heavy atom. The molecule has 0 radical (unpaired) electrons. The number of rotatable bonds is 7. The fourth-order valence-corrected chi connectivity index (χ4v) is 5.57. The number of aryl methyl sites for hydroxylation is 1. The summed E-state index contributed by atoms with van der Waals surface area (Å²) < 4.78 is 15.2. The molecule has 2 atom stereocenters. The quantitative estimate of drug-likeness (QED) is 0.301. The van der Waals surface area contributed by atoms with Crippen LogP contribution in [0.4, 0.5) is 5.82 Å². The van der Waals surface area contributed by atoms with E-state index in [0.29, 0.717) is 11.6 Å². The zero-order valence-electron chi connectivity index (χ0n) is 22.2. The minimum absolute atomic E-state index is 0.258. The molecule has 6 rings (SSSR count). The van der Waals surface area contributed by atoms with E-state index in [9.17, 15) is 0 Å². The molecule has 1 saturated carbocycles. The Bertz CT molecular complexity index is 1590. The molecule has 1 aliphatic rings. The third-order valence-electron chi connectivity index (χ3n) is 7.57. The van der Waals surface area contributed by atoms with E-state index >= 15 is 0 Å². The summed E-state index contributed by atoms with van der Waals surface area (Å²) in [6.45, 7) is 2.10. The van der Waals surface area contributed by atoms with Crippen LogP contribution in [0.25, 0.3) is 39.4 Å². The van der Waals surface area contributed by atoms with E-state index in [4.69, 9.17) is 19.6 Å². The van der Waals surface area contributed by atoms with Gasteiger partial charge in [-0.25, -0.2) is 14.5 Å². The minimum atomic E-state index is 0.258. The zero-order chi connectivity index (χ0) is 26.2. The van der Waals surface area contributed by atoms with Gasteiger partial charge in [-0.2, -0.15) is 0 Å². The van der Waals surface area contributed by atoms with Crippen molar-refractivity contribution in [2.75, 3.05) is 19.5 Å². The number of imidazole rings is 1. The molecular weight excluding hydrogens is 476 g/mol. The molecule has 38 heavy (non-hydrogen) atoms. The van der Waals surface area contributed by atoms with Crippen molar-refractivity contribution in [3.8, 4) is 39.7 Å². The molecular formula is C30H32N6O2. The monoisotopic (exact) mass is 508 g/mol. The number of nitrogens with zero attached hydrogens (tertiary/aromatic N) is 5. The predicted molar refractivity (Wildman–Crippen MR) is 149 cm³/mol. The minimum Gasteiger partial charge on any atom is -0.496 e. The number of nitrogens with one attached hydrogen (secondary N) is 1. The molecule has 1 aliphatic carbocycles. The standard InChI is InChI=1S/C30H32N6O2/c1-19-23(11-8-12-25(19)38-4)24-18-36-27(26(24)20-9-6-5-7-10-20)28(32-21-13-14-22(17-21)37-3)33-29(34-36)30-31-15-16-35(30)2/h5-12,15-16,18,21-22H,13-14,17H2,1-4H3,(H,32,33,34). The van der Waals surface area contributed by atoms with E-state index in [1.807, 2.05) is 40.5 Å². The van der Waals surface area contributed by atoms with Crippen molar-refractivity contribution in [1.29, 1.82) is 0 Å². The van der Waals surface area contributed by atoms with Gasteiger partial charge >= 0.3 is 0 Å². The summed E-state index contributed by atoms with van der Waals surface area (Å²) in [6, 6.07) is 16.9. The van der Waals surface area contributed by atoms with E-state index in [1.165, 1.54) is 0 Å². The third kappa shape index (κ3) is 4.20. The van der Waals surface area contributed by atoms with E-state index in [1.54, 1.807) is 20.4 Å². The van der Waals surface area contributed by atoms with Crippen LogP contribution in [0, 0.1) is 6.92 Å². The average molecular weight is 509 g/mol. The largest absolute Gasteiger partial charge is 0.496 e. The number of anilines is 1. The first-order chi connectivity index (χ1) is 18.6. The van der Waals surface area contributed by atoms with Gasteiger partial charge in [0.15, 0.2) is 11.6 Å². The third-order valence-corrected chi connectivity index (χ3v) is 7.57. The van der Waals surface area contributed by atoms with Gasteiger partial charge in [0, 0.05) is 49.9 Å². The second-order valence-electron chi connectivity index (χ2n) is 9.87. The number of aromatic nitrogens is 5. The Morgan fingerprint density at radius 3 is 2.55 bits per heavy atom. The van der Waals surface area contributed by atoms with E-state index < -0.39 is 0 Å². The molecule has 1 fully saturated rings. The van der Waals surface area contributed by atoms with Crippen molar-refractivity contribution in [3.05, 3.63) is 72.7 Å². The lowest BCUT2D eigenvalue weighted by Crippen LogP contribution is -2.19. The van der Waals surface area contributed by atoms with Crippen LogP contribution in [0.15, 0.2) is 67.1 Å². The van der Waals surface area contributed by atoms with Crippen LogP contribution in [0.3, 0.4) is 0 Å². The highest BCUT2D eigenvalue weighted by Gasteiger charge is 2.28. The van der Waals surface area contributed by atoms with Crippen LogP contribution >= 0.6 is 0 Å². The van der Waals surface area contributed by atoms with Crippen molar-refractivity contribution in [3.63, 3.8) is 0 Å². The number of benzene rings is 2. The van der Waals surface area contributed by atoms with Crippen LogP contribution in [0.5, 0.6) is 5.75 Å². The van der Waals surface area contributed by atoms with Crippen LogP contribution in [0.2, 0.25) is 0 Å². The lowest BCUT2D eigenvalue weighted by molar-refractivity contribution is 0.108. The summed E-state index contributed by atoms with van der Waals surface area (Å²) in [6.07, 6.45) is 9.03.